The van der Waals surface area contributed by atoms with Gasteiger partial charge in [0.1, 0.15) is 18.2 Å². The molecule has 0 aliphatic heterocycles. The molecule has 8 heteroatoms. The van der Waals surface area contributed by atoms with Crippen LogP contribution in [0.15, 0.2) is 53.3 Å². The lowest BCUT2D eigenvalue weighted by Crippen LogP contribution is -2.27. The topological polar surface area (TPSA) is 76.1 Å². The summed E-state index contributed by atoms with van der Waals surface area (Å²) in [6.45, 7) is 1.23. The number of unbranched alkanes of at least 4 members (excludes halogenated alkanes) is 2. The monoisotopic (exact) mass is 429 g/mol. The molecule has 30 heavy (non-hydrogen) atoms. The minimum atomic E-state index is -0.316. The molecule has 0 radical (unpaired) electrons. The van der Waals surface area contributed by atoms with E-state index in [0.29, 0.717) is 42.0 Å². The van der Waals surface area contributed by atoms with E-state index in [1.54, 1.807) is 22.8 Å². The van der Waals surface area contributed by atoms with E-state index >= 15 is 0 Å². The summed E-state index contributed by atoms with van der Waals surface area (Å²) in [5.41, 5.74) is 0.650. The second-order valence-electron chi connectivity index (χ2n) is 6.90. The number of nitrogens with one attached hydrogen (secondary N) is 2. The van der Waals surface area contributed by atoms with Crippen LogP contribution in [-0.2, 0) is 11.3 Å². The minimum Gasteiger partial charge on any atom is -0.492 e. The molecule has 1 amide bonds. The maximum absolute atomic E-state index is 12.8. The van der Waals surface area contributed by atoms with Crippen LogP contribution < -0.4 is 15.6 Å². The highest BCUT2D eigenvalue weighted by Gasteiger charge is 2.06. The van der Waals surface area contributed by atoms with Crippen LogP contribution in [0.4, 0.5) is 4.39 Å². The van der Waals surface area contributed by atoms with Crippen molar-refractivity contribution in [1.29, 1.82) is 0 Å². The average molecular weight is 430 g/mol. The van der Waals surface area contributed by atoms with Crippen LogP contribution in [-0.4, -0.2) is 28.6 Å². The van der Waals surface area contributed by atoms with Gasteiger partial charge in [-0.05, 0) is 61.5 Å². The largest absolute Gasteiger partial charge is 0.492 e. The lowest BCUT2D eigenvalue weighted by molar-refractivity contribution is -0.121. The van der Waals surface area contributed by atoms with Gasteiger partial charge in [-0.15, -0.1) is 0 Å². The number of benzene rings is 2. The Bertz CT molecular complexity index is 1110. The van der Waals surface area contributed by atoms with Crippen molar-refractivity contribution in [1.82, 2.24) is 14.9 Å². The number of hydrogen-bond acceptors (Lipinski definition) is 4. The lowest BCUT2D eigenvalue weighted by Gasteiger charge is -2.09. The van der Waals surface area contributed by atoms with Gasteiger partial charge in [-0.2, -0.15) is 0 Å². The second kappa shape index (κ2) is 10.7. The fourth-order valence-corrected chi connectivity index (χ4v) is 3.40. The first-order chi connectivity index (χ1) is 14.5. The van der Waals surface area contributed by atoms with Crippen molar-refractivity contribution < 1.29 is 13.9 Å². The highest BCUT2D eigenvalue weighted by Crippen LogP contribution is 2.10. The van der Waals surface area contributed by atoms with Gasteiger partial charge in [-0.1, -0.05) is 18.6 Å². The number of H-pyrrole nitrogens is 1. The number of nitrogens with zero attached hydrogens (tertiary/aromatic N) is 1. The Morgan fingerprint density at radius 3 is 2.67 bits per heavy atom. The van der Waals surface area contributed by atoms with Crippen molar-refractivity contribution in [3.05, 3.63) is 69.5 Å². The third-order valence-electron chi connectivity index (χ3n) is 4.68. The Labute approximate surface area is 178 Å². The molecule has 0 bridgehead atoms. The number of aromatic amines is 1. The molecule has 1 aromatic heterocycles. The molecule has 0 saturated heterocycles. The molecule has 2 aromatic carbocycles. The van der Waals surface area contributed by atoms with E-state index in [9.17, 15) is 14.0 Å². The maximum Gasteiger partial charge on any atom is 0.262 e. The summed E-state index contributed by atoms with van der Waals surface area (Å²) in [6, 6.07) is 13.0. The molecule has 3 rings (SSSR count). The minimum absolute atomic E-state index is 0.0436. The summed E-state index contributed by atoms with van der Waals surface area (Å²) >= 11 is 5.30. The molecule has 3 aromatic rings. The second-order valence-corrected chi connectivity index (χ2v) is 7.28. The number of amides is 1. The van der Waals surface area contributed by atoms with Crippen molar-refractivity contribution in [2.24, 2.45) is 0 Å². The van der Waals surface area contributed by atoms with Crippen LogP contribution in [0.25, 0.3) is 10.9 Å². The molecule has 0 spiro atoms. The molecular weight excluding hydrogens is 405 g/mol. The van der Waals surface area contributed by atoms with Gasteiger partial charge in [0, 0.05) is 13.0 Å². The third-order valence-corrected chi connectivity index (χ3v) is 5.00. The summed E-state index contributed by atoms with van der Waals surface area (Å²) < 4.78 is 20.2. The van der Waals surface area contributed by atoms with Gasteiger partial charge < -0.3 is 15.0 Å². The average Bonchev–Trinajstić information content (AvgIpc) is 2.74. The van der Waals surface area contributed by atoms with Gasteiger partial charge in [-0.3, -0.25) is 14.2 Å². The van der Waals surface area contributed by atoms with E-state index in [2.05, 4.69) is 10.3 Å². The molecule has 0 fully saturated rings. The summed E-state index contributed by atoms with van der Waals surface area (Å²) in [4.78, 5) is 27.5. The van der Waals surface area contributed by atoms with Crippen LogP contribution >= 0.6 is 12.2 Å². The first kappa shape index (κ1) is 21.7. The molecule has 1 heterocycles. The van der Waals surface area contributed by atoms with Crippen molar-refractivity contribution in [3.8, 4) is 5.75 Å². The number of carbonyl (C=O) groups is 1. The Kier molecular flexibility index (Phi) is 7.73. The molecule has 0 saturated carbocycles. The SMILES string of the molecule is O=C(CCCCCn1c(=S)[nH]c2ccccc2c1=O)NCCOc1ccc(F)cc1. The molecule has 6 nitrogen and oxygen atoms in total. The first-order valence-electron chi connectivity index (χ1n) is 9.91. The normalized spacial score (nSPS) is 10.8. The van der Waals surface area contributed by atoms with Crippen LogP contribution in [0.1, 0.15) is 25.7 Å². The number of hydrogen-bond donors (Lipinski definition) is 2. The smallest absolute Gasteiger partial charge is 0.262 e. The summed E-state index contributed by atoms with van der Waals surface area (Å²) in [5.74, 6) is 0.203. The Morgan fingerprint density at radius 2 is 1.87 bits per heavy atom. The Balaban J connectivity index is 1.34. The van der Waals surface area contributed by atoms with Gasteiger partial charge in [0.2, 0.25) is 5.91 Å². The van der Waals surface area contributed by atoms with Crippen LogP contribution in [0.2, 0.25) is 0 Å². The maximum atomic E-state index is 12.8. The molecule has 2 N–H and O–H groups in total. The standard InChI is InChI=1S/C22H24FN3O3S/c23-16-9-11-17(12-10-16)29-15-13-24-20(27)8-2-1-5-14-26-21(28)18-6-3-4-7-19(18)25-22(26)30/h3-4,6-7,9-12H,1-2,5,8,13-15H2,(H,24,27)(H,25,30). The molecular formula is C22H24FN3O3S. The number of ether oxygens (including phenoxy) is 1. The van der Waals surface area contributed by atoms with Crippen molar-refractivity contribution >= 4 is 29.0 Å². The molecule has 0 atom stereocenters. The van der Waals surface area contributed by atoms with E-state index < -0.39 is 0 Å². The van der Waals surface area contributed by atoms with Crippen molar-refractivity contribution in [3.63, 3.8) is 0 Å². The quantitative estimate of drug-likeness (QED) is 0.378. The van der Waals surface area contributed by atoms with Crippen LogP contribution in [0, 0.1) is 10.6 Å². The zero-order chi connectivity index (χ0) is 21.3. The van der Waals surface area contributed by atoms with E-state index in [-0.39, 0.29) is 17.3 Å². The number of carbonyl (C=O) groups excluding carboxylic acids is 1. The summed E-state index contributed by atoms with van der Waals surface area (Å²) in [5, 5.41) is 3.42. The molecule has 0 aliphatic rings. The number of fused-ring (bicyclic) bond motifs is 1. The highest BCUT2D eigenvalue weighted by molar-refractivity contribution is 7.71. The van der Waals surface area contributed by atoms with Gasteiger partial charge >= 0.3 is 0 Å². The zero-order valence-corrected chi connectivity index (χ0v) is 17.3. The summed E-state index contributed by atoms with van der Waals surface area (Å²) in [7, 11) is 0. The van der Waals surface area contributed by atoms with Gasteiger partial charge in [0.25, 0.3) is 5.56 Å². The lowest BCUT2D eigenvalue weighted by atomic mass is 10.2. The highest BCUT2D eigenvalue weighted by atomic mass is 32.1. The van der Waals surface area contributed by atoms with Gasteiger partial charge in [0.15, 0.2) is 4.77 Å². The fraction of sp³-hybridized carbons (Fsp3) is 0.318. The number of aromatic nitrogens is 2. The fourth-order valence-electron chi connectivity index (χ4n) is 3.11. The Hall–Kier alpha value is -3.00. The Morgan fingerprint density at radius 1 is 1.10 bits per heavy atom. The third kappa shape index (κ3) is 6.00. The zero-order valence-electron chi connectivity index (χ0n) is 16.5. The number of halogens is 1. The van der Waals surface area contributed by atoms with E-state index in [1.807, 2.05) is 18.2 Å². The van der Waals surface area contributed by atoms with Gasteiger partial charge in [0.05, 0.1) is 17.4 Å². The predicted octanol–water partition coefficient (Wildman–Crippen LogP) is 3.95. The van der Waals surface area contributed by atoms with Crippen molar-refractivity contribution in [2.45, 2.75) is 32.2 Å². The molecule has 158 valence electrons. The van der Waals surface area contributed by atoms with Crippen molar-refractivity contribution in [2.75, 3.05) is 13.2 Å². The number of para-hydroxylation sites is 1. The van der Waals surface area contributed by atoms with E-state index in [4.69, 9.17) is 17.0 Å². The van der Waals surface area contributed by atoms with E-state index in [0.717, 1.165) is 24.8 Å². The summed E-state index contributed by atoms with van der Waals surface area (Å²) in [6.07, 6.45) is 2.71. The number of rotatable bonds is 10. The van der Waals surface area contributed by atoms with Gasteiger partial charge in [-0.25, -0.2) is 4.39 Å². The predicted molar refractivity (Wildman–Crippen MR) is 117 cm³/mol. The van der Waals surface area contributed by atoms with Crippen LogP contribution in [0.3, 0.4) is 0 Å². The first-order valence-corrected chi connectivity index (χ1v) is 10.3. The molecule has 0 unspecified atom stereocenters. The van der Waals surface area contributed by atoms with E-state index in [1.165, 1.54) is 12.1 Å². The molecule has 0 aliphatic carbocycles. The van der Waals surface area contributed by atoms with Crippen LogP contribution in [0.5, 0.6) is 5.75 Å².